The van der Waals surface area contributed by atoms with E-state index in [0.29, 0.717) is 5.75 Å². The molecule has 76 valence electrons. The minimum absolute atomic E-state index is 0.0856. The van der Waals surface area contributed by atoms with Gasteiger partial charge in [0.1, 0.15) is 16.9 Å². The Labute approximate surface area is 82.5 Å². The zero-order chi connectivity index (χ0) is 10.8. The second-order valence-corrected chi connectivity index (χ2v) is 3.89. The predicted octanol–water partition coefficient (Wildman–Crippen LogP) is 1.96. The summed E-state index contributed by atoms with van der Waals surface area (Å²) < 4.78 is 5.47. The molecule has 0 spiro atoms. The van der Waals surface area contributed by atoms with Crippen molar-refractivity contribution in [2.24, 2.45) is 0 Å². The van der Waals surface area contributed by atoms with Crippen LogP contribution in [0.1, 0.15) is 31.1 Å². The third-order valence-corrected chi connectivity index (χ3v) is 1.43. The van der Waals surface area contributed by atoms with Gasteiger partial charge in [-0.3, -0.25) is 4.98 Å². The van der Waals surface area contributed by atoms with Crippen LogP contribution in [-0.4, -0.2) is 21.7 Å². The predicted molar refractivity (Wildman–Crippen MR) is 51.6 cm³/mol. The number of aromatic nitrogens is 1. The van der Waals surface area contributed by atoms with E-state index in [-0.39, 0.29) is 5.56 Å². The number of carboxylic acids is 1. The van der Waals surface area contributed by atoms with Crippen LogP contribution in [-0.2, 0) is 0 Å². The Balaban J connectivity index is 3.02. The lowest BCUT2D eigenvalue weighted by molar-refractivity contribution is 0.0680. The zero-order valence-electron chi connectivity index (χ0n) is 8.44. The maximum absolute atomic E-state index is 10.8. The van der Waals surface area contributed by atoms with E-state index in [2.05, 4.69) is 4.98 Å². The first kappa shape index (κ1) is 10.5. The van der Waals surface area contributed by atoms with E-state index in [1.54, 1.807) is 6.07 Å². The number of nitrogens with zero attached hydrogens (tertiary/aromatic N) is 1. The molecule has 0 aliphatic rings. The first-order chi connectivity index (χ1) is 6.40. The Morgan fingerprint density at radius 2 is 2.14 bits per heavy atom. The van der Waals surface area contributed by atoms with Crippen molar-refractivity contribution in [3.8, 4) is 5.75 Å². The zero-order valence-corrected chi connectivity index (χ0v) is 8.44. The Morgan fingerprint density at radius 1 is 1.50 bits per heavy atom. The molecule has 0 radical (unpaired) electrons. The summed E-state index contributed by atoms with van der Waals surface area (Å²) in [4.78, 5) is 14.5. The molecule has 14 heavy (non-hydrogen) atoms. The molecule has 0 saturated heterocycles. The molecular formula is C10H13NO3. The monoisotopic (exact) mass is 195 g/mol. The van der Waals surface area contributed by atoms with Gasteiger partial charge in [-0.1, -0.05) is 0 Å². The highest BCUT2D eigenvalue weighted by atomic mass is 16.5. The van der Waals surface area contributed by atoms with Crippen LogP contribution in [0.2, 0.25) is 0 Å². The number of aromatic carboxylic acids is 1. The average Bonchev–Trinajstić information content (AvgIpc) is 2.01. The summed E-state index contributed by atoms with van der Waals surface area (Å²) in [5.41, 5.74) is -0.326. The molecule has 4 nitrogen and oxygen atoms in total. The minimum atomic E-state index is -1.03. The quantitative estimate of drug-likeness (QED) is 0.783. The fraction of sp³-hybridized carbons (Fsp3) is 0.400. The molecule has 0 unspecified atom stereocenters. The Morgan fingerprint density at radius 3 is 2.64 bits per heavy atom. The normalized spacial score (nSPS) is 11.1. The van der Waals surface area contributed by atoms with Gasteiger partial charge in [0.15, 0.2) is 0 Å². The molecule has 0 aliphatic heterocycles. The van der Waals surface area contributed by atoms with Gasteiger partial charge in [0.2, 0.25) is 0 Å². The first-order valence-corrected chi connectivity index (χ1v) is 4.26. The van der Waals surface area contributed by atoms with Crippen molar-refractivity contribution >= 4 is 5.97 Å². The molecule has 1 rings (SSSR count). The molecule has 1 aromatic heterocycles. The lowest BCUT2D eigenvalue weighted by atomic mass is 10.2. The lowest BCUT2D eigenvalue weighted by Gasteiger charge is -2.21. The fourth-order valence-corrected chi connectivity index (χ4v) is 0.961. The molecule has 0 bridgehead atoms. The van der Waals surface area contributed by atoms with E-state index in [4.69, 9.17) is 9.84 Å². The second-order valence-electron chi connectivity index (χ2n) is 3.89. The van der Waals surface area contributed by atoms with Gasteiger partial charge in [0.25, 0.3) is 0 Å². The molecule has 0 fully saturated rings. The number of hydrogen-bond donors (Lipinski definition) is 1. The summed E-state index contributed by atoms with van der Waals surface area (Å²) in [6.07, 6.45) is 2.79. The number of carbonyl (C=O) groups is 1. The van der Waals surface area contributed by atoms with Crippen LogP contribution in [0, 0.1) is 0 Å². The first-order valence-electron chi connectivity index (χ1n) is 4.26. The summed E-state index contributed by atoms with van der Waals surface area (Å²) in [5, 5.41) is 8.84. The van der Waals surface area contributed by atoms with Crippen LogP contribution < -0.4 is 4.74 Å². The molecule has 1 N–H and O–H groups in total. The summed E-state index contributed by atoms with van der Waals surface area (Å²) in [7, 11) is 0. The number of hydrogen-bond acceptors (Lipinski definition) is 3. The van der Waals surface area contributed by atoms with Gasteiger partial charge < -0.3 is 9.84 Å². The molecule has 0 atom stereocenters. The van der Waals surface area contributed by atoms with Crippen LogP contribution in [0.5, 0.6) is 5.75 Å². The number of rotatable bonds is 2. The molecule has 1 aromatic rings. The largest absolute Gasteiger partial charge is 0.487 e. The molecule has 0 amide bonds. The highest BCUT2D eigenvalue weighted by Crippen LogP contribution is 2.21. The standard InChI is InChI=1S/C10H13NO3/c1-10(2,3)14-8-4-5-11-6-7(8)9(12)13/h4-6H,1-3H3,(H,12,13). The lowest BCUT2D eigenvalue weighted by Crippen LogP contribution is -2.24. The second kappa shape index (κ2) is 3.65. The number of pyridine rings is 1. The Kier molecular flexibility index (Phi) is 2.74. The third-order valence-electron chi connectivity index (χ3n) is 1.43. The van der Waals surface area contributed by atoms with E-state index in [9.17, 15) is 4.79 Å². The topological polar surface area (TPSA) is 59.4 Å². The number of carboxylic acid groups (broad SMARTS) is 1. The van der Waals surface area contributed by atoms with Crippen molar-refractivity contribution < 1.29 is 14.6 Å². The van der Waals surface area contributed by atoms with Crippen molar-refractivity contribution in [1.29, 1.82) is 0 Å². The highest BCUT2D eigenvalue weighted by Gasteiger charge is 2.17. The Hall–Kier alpha value is -1.58. The molecule has 4 heteroatoms. The van der Waals surface area contributed by atoms with Crippen molar-refractivity contribution in [3.05, 3.63) is 24.0 Å². The van der Waals surface area contributed by atoms with Gasteiger partial charge in [-0.15, -0.1) is 0 Å². The smallest absolute Gasteiger partial charge is 0.341 e. The maximum Gasteiger partial charge on any atom is 0.341 e. The minimum Gasteiger partial charge on any atom is -0.487 e. The van der Waals surface area contributed by atoms with Gasteiger partial charge in [0.05, 0.1) is 0 Å². The Bertz CT molecular complexity index is 341. The SMILES string of the molecule is CC(C)(C)Oc1ccncc1C(=O)O. The summed E-state index contributed by atoms with van der Waals surface area (Å²) >= 11 is 0. The van der Waals surface area contributed by atoms with Gasteiger partial charge >= 0.3 is 5.97 Å². The van der Waals surface area contributed by atoms with E-state index in [1.807, 2.05) is 20.8 Å². The fourth-order valence-electron chi connectivity index (χ4n) is 0.961. The van der Waals surface area contributed by atoms with Crippen LogP contribution >= 0.6 is 0 Å². The van der Waals surface area contributed by atoms with Gasteiger partial charge in [-0.2, -0.15) is 0 Å². The third kappa shape index (κ3) is 2.73. The molecule has 0 aliphatic carbocycles. The summed E-state index contributed by atoms with van der Waals surface area (Å²) in [6, 6.07) is 1.55. The van der Waals surface area contributed by atoms with Crippen LogP contribution in [0.15, 0.2) is 18.5 Å². The van der Waals surface area contributed by atoms with Crippen molar-refractivity contribution in [1.82, 2.24) is 4.98 Å². The molecular weight excluding hydrogens is 182 g/mol. The molecule has 0 saturated carbocycles. The summed E-state index contributed by atoms with van der Waals surface area (Å²) in [6.45, 7) is 5.58. The average molecular weight is 195 g/mol. The van der Waals surface area contributed by atoms with E-state index >= 15 is 0 Å². The molecule has 0 aromatic carbocycles. The van der Waals surface area contributed by atoms with Crippen LogP contribution in [0.25, 0.3) is 0 Å². The highest BCUT2D eigenvalue weighted by molar-refractivity contribution is 5.90. The van der Waals surface area contributed by atoms with Crippen LogP contribution in [0.3, 0.4) is 0 Å². The van der Waals surface area contributed by atoms with E-state index in [1.165, 1.54) is 12.4 Å². The maximum atomic E-state index is 10.8. The van der Waals surface area contributed by atoms with Crippen molar-refractivity contribution in [3.63, 3.8) is 0 Å². The molecule has 1 heterocycles. The van der Waals surface area contributed by atoms with E-state index < -0.39 is 11.6 Å². The van der Waals surface area contributed by atoms with Gasteiger partial charge in [-0.05, 0) is 26.8 Å². The van der Waals surface area contributed by atoms with E-state index in [0.717, 1.165) is 0 Å². The van der Waals surface area contributed by atoms with Gasteiger partial charge in [0, 0.05) is 12.4 Å². The summed E-state index contributed by atoms with van der Waals surface area (Å²) in [5.74, 6) is -0.683. The van der Waals surface area contributed by atoms with Crippen LogP contribution in [0.4, 0.5) is 0 Å². The van der Waals surface area contributed by atoms with Crippen molar-refractivity contribution in [2.75, 3.05) is 0 Å². The van der Waals surface area contributed by atoms with Crippen molar-refractivity contribution in [2.45, 2.75) is 26.4 Å². The number of ether oxygens (including phenoxy) is 1. The van der Waals surface area contributed by atoms with Gasteiger partial charge in [-0.25, -0.2) is 4.79 Å².